The topological polar surface area (TPSA) is 56.8 Å². The number of carbonyl (C=O) groups excluding carboxylic acids is 1. The summed E-state index contributed by atoms with van der Waals surface area (Å²) in [6, 6.07) is 15.2. The van der Waals surface area contributed by atoms with Crippen molar-refractivity contribution in [3.05, 3.63) is 58.3 Å². The van der Waals surface area contributed by atoms with E-state index in [1.54, 1.807) is 13.2 Å². The number of rotatable bonds is 4. The van der Waals surface area contributed by atoms with Crippen molar-refractivity contribution in [2.75, 3.05) is 25.6 Å². The number of nitrogens with one attached hydrogen (secondary N) is 1. The molecule has 0 saturated heterocycles. The number of ether oxygens (including phenoxy) is 3. The Kier molecular flexibility index (Phi) is 4.73. The number of anilines is 1. The van der Waals surface area contributed by atoms with Crippen LogP contribution in [0.2, 0.25) is 0 Å². The van der Waals surface area contributed by atoms with Crippen LogP contribution in [-0.2, 0) is 0 Å². The second-order valence-corrected chi connectivity index (χ2v) is 7.38. The summed E-state index contributed by atoms with van der Waals surface area (Å²) < 4.78 is 16.3. The summed E-state index contributed by atoms with van der Waals surface area (Å²) in [5, 5.41) is 2.93. The molecule has 0 spiro atoms. The molecule has 0 fully saturated rings. The fourth-order valence-electron chi connectivity index (χ4n) is 2.96. The molecule has 2 heterocycles. The minimum Gasteiger partial charge on any atom is -0.497 e. The van der Waals surface area contributed by atoms with Crippen LogP contribution in [0.15, 0.2) is 48.5 Å². The summed E-state index contributed by atoms with van der Waals surface area (Å²) in [6.45, 7) is 3.08. The van der Waals surface area contributed by atoms with E-state index in [4.69, 9.17) is 14.2 Å². The van der Waals surface area contributed by atoms with Crippen LogP contribution >= 0.6 is 11.3 Å². The number of amides is 1. The van der Waals surface area contributed by atoms with Crippen LogP contribution < -0.4 is 19.5 Å². The summed E-state index contributed by atoms with van der Waals surface area (Å²) in [4.78, 5) is 14.4. The van der Waals surface area contributed by atoms with Crippen LogP contribution in [0.4, 0.5) is 5.69 Å². The Hall–Kier alpha value is -2.99. The molecule has 0 aliphatic carbocycles. The Labute approximate surface area is 161 Å². The fourth-order valence-corrected chi connectivity index (χ4v) is 3.90. The predicted octanol–water partition coefficient (Wildman–Crippen LogP) is 4.76. The highest BCUT2D eigenvalue weighted by Crippen LogP contribution is 2.34. The Balaban J connectivity index is 1.54. The van der Waals surface area contributed by atoms with Crippen molar-refractivity contribution in [1.29, 1.82) is 0 Å². The first-order valence-corrected chi connectivity index (χ1v) is 9.41. The minimum atomic E-state index is -0.139. The molecule has 0 radical (unpaired) electrons. The van der Waals surface area contributed by atoms with Gasteiger partial charge >= 0.3 is 0 Å². The fraction of sp³-hybridized carbons (Fsp3) is 0.190. The first-order chi connectivity index (χ1) is 13.1. The van der Waals surface area contributed by atoms with E-state index in [1.807, 2.05) is 49.4 Å². The van der Waals surface area contributed by atoms with Gasteiger partial charge in [0.1, 0.15) is 19.0 Å². The zero-order valence-electron chi connectivity index (χ0n) is 15.1. The molecule has 0 saturated carbocycles. The third-order valence-electron chi connectivity index (χ3n) is 4.34. The van der Waals surface area contributed by atoms with Gasteiger partial charge in [-0.1, -0.05) is 12.1 Å². The maximum absolute atomic E-state index is 12.7. The number of thiophene rings is 1. The number of aryl methyl sites for hydroxylation is 1. The molecule has 1 amide bonds. The van der Waals surface area contributed by atoms with Crippen molar-refractivity contribution in [2.24, 2.45) is 0 Å². The molecule has 2 aromatic carbocycles. The second kappa shape index (κ2) is 7.32. The molecular formula is C21H19NO4S. The van der Waals surface area contributed by atoms with Crippen molar-refractivity contribution >= 4 is 22.9 Å². The molecule has 4 rings (SSSR count). The highest BCUT2D eigenvalue weighted by atomic mass is 32.1. The zero-order chi connectivity index (χ0) is 18.8. The van der Waals surface area contributed by atoms with Gasteiger partial charge in [-0.15, -0.1) is 11.3 Å². The second-order valence-electron chi connectivity index (χ2n) is 6.12. The normalized spacial score (nSPS) is 12.5. The highest BCUT2D eigenvalue weighted by molar-refractivity contribution is 7.14. The lowest BCUT2D eigenvalue weighted by molar-refractivity contribution is 0.103. The van der Waals surface area contributed by atoms with Crippen LogP contribution in [-0.4, -0.2) is 26.2 Å². The smallest absolute Gasteiger partial charge is 0.265 e. The van der Waals surface area contributed by atoms with Crippen LogP contribution in [0.25, 0.3) is 11.1 Å². The molecule has 138 valence electrons. The Bertz CT molecular complexity index is 978. The quantitative estimate of drug-likeness (QED) is 0.708. The molecule has 0 bridgehead atoms. The zero-order valence-corrected chi connectivity index (χ0v) is 15.9. The maximum Gasteiger partial charge on any atom is 0.265 e. The van der Waals surface area contributed by atoms with Gasteiger partial charge in [-0.25, -0.2) is 0 Å². The van der Waals surface area contributed by atoms with Gasteiger partial charge in [0.2, 0.25) is 0 Å². The van der Waals surface area contributed by atoms with Crippen molar-refractivity contribution in [3.8, 4) is 28.4 Å². The minimum absolute atomic E-state index is 0.139. The average molecular weight is 381 g/mol. The number of methoxy groups -OCH3 is 1. The Morgan fingerprint density at radius 3 is 2.52 bits per heavy atom. The van der Waals surface area contributed by atoms with Gasteiger partial charge in [0, 0.05) is 16.6 Å². The van der Waals surface area contributed by atoms with E-state index in [-0.39, 0.29) is 5.91 Å². The molecule has 0 unspecified atom stereocenters. The van der Waals surface area contributed by atoms with Gasteiger partial charge < -0.3 is 19.5 Å². The highest BCUT2D eigenvalue weighted by Gasteiger charge is 2.16. The third kappa shape index (κ3) is 3.61. The average Bonchev–Trinajstić information content (AvgIpc) is 3.10. The maximum atomic E-state index is 12.7. The molecule has 1 aromatic heterocycles. The standard InChI is InChI=1S/C21H19NO4S/c1-13-17(14-3-6-16(24-2)7-4-14)12-20(27-13)21(23)22-15-5-8-18-19(11-15)26-10-9-25-18/h3-8,11-12H,9-10H2,1-2H3,(H,22,23). The number of hydrogen-bond donors (Lipinski definition) is 1. The first kappa shape index (κ1) is 17.4. The van der Waals surface area contributed by atoms with E-state index in [0.29, 0.717) is 35.3 Å². The molecule has 6 heteroatoms. The van der Waals surface area contributed by atoms with E-state index in [9.17, 15) is 4.79 Å². The molecule has 5 nitrogen and oxygen atoms in total. The molecule has 1 N–H and O–H groups in total. The van der Waals surface area contributed by atoms with Gasteiger partial charge in [0.05, 0.1) is 12.0 Å². The third-order valence-corrected chi connectivity index (χ3v) is 5.39. The lowest BCUT2D eigenvalue weighted by Gasteiger charge is -2.18. The summed E-state index contributed by atoms with van der Waals surface area (Å²) in [6.07, 6.45) is 0. The van der Waals surface area contributed by atoms with Crippen molar-refractivity contribution in [1.82, 2.24) is 0 Å². The van der Waals surface area contributed by atoms with Crippen molar-refractivity contribution in [3.63, 3.8) is 0 Å². The molecule has 27 heavy (non-hydrogen) atoms. The molecule has 1 aliphatic rings. The number of fused-ring (bicyclic) bond motifs is 1. The van der Waals surface area contributed by atoms with Gasteiger partial charge in [0.25, 0.3) is 5.91 Å². The first-order valence-electron chi connectivity index (χ1n) is 8.60. The van der Waals surface area contributed by atoms with Crippen LogP contribution in [0.1, 0.15) is 14.5 Å². The largest absolute Gasteiger partial charge is 0.497 e. The number of hydrogen-bond acceptors (Lipinski definition) is 5. The van der Waals surface area contributed by atoms with Gasteiger partial charge in [-0.3, -0.25) is 4.79 Å². The SMILES string of the molecule is COc1ccc(-c2cc(C(=O)Nc3ccc4c(c3)OCCO4)sc2C)cc1. The van der Waals surface area contributed by atoms with Crippen LogP contribution in [0, 0.1) is 6.92 Å². The van der Waals surface area contributed by atoms with E-state index < -0.39 is 0 Å². The lowest BCUT2D eigenvalue weighted by Crippen LogP contribution is -2.16. The van der Waals surface area contributed by atoms with Gasteiger partial charge in [-0.05, 0) is 48.4 Å². The monoisotopic (exact) mass is 381 g/mol. The van der Waals surface area contributed by atoms with Gasteiger partial charge in [-0.2, -0.15) is 0 Å². The van der Waals surface area contributed by atoms with Crippen molar-refractivity contribution in [2.45, 2.75) is 6.92 Å². The Morgan fingerprint density at radius 1 is 1.04 bits per heavy atom. The molecule has 1 aliphatic heterocycles. The predicted molar refractivity (Wildman–Crippen MR) is 106 cm³/mol. The lowest BCUT2D eigenvalue weighted by atomic mass is 10.1. The molecular weight excluding hydrogens is 362 g/mol. The Morgan fingerprint density at radius 2 is 1.78 bits per heavy atom. The molecule has 0 atom stereocenters. The van der Waals surface area contributed by atoms with Crippen molar-refractivity contribution < 1.29 is 19.0 Å². The van der Waals surface area contributed by atoms with E-state index in [1.165, 1.54) is 11.3 Å². The van der Waals surface area contributed by atoms with E-state index in [0.717, 1.165) is 21.8 Å². The van der Waals surface area contributed by atoms with Crippen LogP contribution in [0.5, 0.6) is 17.2 Å². The summed E-state index contributed by atoms with van der Waals surface area (Å²) in [5.74, 6) is 2.02. The van der Waals surface area contributed by atoms with E-state index in [2.05, 4.69) is 5.32 Å². The number of benzene rings is 2. The summed E-state index contributed by atoms with van der Waals surface area (Å²) in [7, 11) is 1.64. The summed E-state index contributed by atoms with van der Waals surface area (Å²) >= 11 is 1.48. The number of carbonyl (C=O) groups is 1. The van der Waals surface area contributed by atoms with Crippen LogP contribution in [0.3, 0.4) is 0 Å². The summed E-state index contributed by atoms with van der Waals surface area (Å²) in [5.41, 5.74) is 2.79. The van der Waals surface area contributed by atoms with E-state index >= 15 is 0 Å². The molecule has 3 aromatic rings. The van der Waals surface area contributed by atoms with Gasteiger partial charge in [0.15, 0.2) is 11.5 Å².